The maximum Gasteiger partial charge on any atom is 0.101 e. The highest BCUT2D eigenvalue weighted by Gasteiger charge is 2.29. The van der Waals surface area contributed by atoms with E-state index in [0.29, 0.717) is 0 Å². The van der Waals surface area contributed by atoms with Gasteiger partial charge in [-0.1, -0.05) is 5.57 Å². The number of hydrogen-bond acceptors (Lipinski definition) is 2. The van der Waals surface area contributed by atoms with Crippen molar-refractivity contribution in [3.05, 3.63) is 11.1 Å². The van der Waals surface area contributed by atoms with Crippen LogP contribution in [0.5, 0.6) is 0 Å². The Morgan fingerprint density at radius 2 is 1.75 bits per heavy atom. The van der Waals surface area contributed by atoms with Gasteiger partial charge in [0.15, 0.2) is 0 Å². The van der Waals surface area contributed by atoms with E-state index in [1.165, 1.54) is 18.4 Å². The maximum absolute atomic E-state index is 9.66. The predicted octanol–water partition coefficient (Wildman–Crippen LogP) is 1.37. The molecule has 2 nitrogen and oxygen atoms in total. The lowest BCUT2D eigenvalue weighted by Gasteiger charge is -2.32. The van der Waals surface area contributed by atoms with E-state index in [1.807, 2.05) is 0 Å². The third-order valence-corrected chi connectivity index (χ3v) is 3.09. The standard InChI is InChI=1S/C10H16O2/c11-9-6-5-7-3-1-2-4-8(7)10(9)12/h9-12H,1-6H2. The summed E-state index contributed by atoms with van der Waals surface area (Å²) in [6.07, 6.45) is 5.32. The molecule has 0 aromatic heterocycles. The molecule has 0 radical (unpaired) electrons. The molecule has 0 bridgehead atoms. The molecule has 0 heterocycles. The van der Waals surface area contributed by atoms with E-state index in [1.54, 1.807) is 0 Å². The predicted molar refractivity (Wildman–Crippen MR) is 46.7 cm³/mol. The quantitative estimate of drug-likeness (QED) is 0.536. The van der Waals surface area contributed by atoms with Crippen molar-refractivity contribution in [3.63, 3.8) is 0 Å². The summed E-state index contributed by atoms with van der Waals surface area (Å²) in [5, 5.41) is 19.1. The second kappa shape index (κ2) is 3.19. The molecule has 0 aromatic rings. The van der Waals surface area contributed by atoms with Crippen molar-refractivity contribution >= 4 is 0 Å². The highest BCUT2D eigenvalue weighted by molar-refractivity contribution is 5.24. The second-order valence-electron chi connectivity index (χ2n) is 3.89. The van der Waals surface area contributed by atoms with Crippen LogP contribution in [0.25, 0.3) is 0 Å². The molecule has 68 valence electrons. The van der Waals surface area contributed by atoms with Crippen molar-refractivity contribution in [3.8, 4) is 0 Å². The van der Waals surface area contributed by atoms with Gasteiger partial charge in [0.2, 0.25) is 0 Å². The fourth-order valence-electron chi connectivity index (χ4n) is 2.35. The lowest BCUT2D eigenvalue weighted by Crippen LogP contribution is -2.33. The molecule has 2 atom stereocenters. The molecule has 2 unspecified atom stereocenters. The van der Waals surface area contributed by atoms with Crippen LogP contribution in [0, 0.1) is 0 Å². The molecular weight excluding hydrogens is 152 g/mol. The van der Waals surface area contributed by atoms with Gasteiger partial charge in [-0.2, -0.15) is 0 Å². The molecule has 0 saturated carbocycles. The van der Waals surface area contributed by atoms with Crippen molar-refractivity contribution in [2.45, 2.75) is 50.7 Å². The van der Waals surface area contributed by atoms with E-state index in [9.17, 15) is 10.2 Å². The number of hydrogen-bond donors (Lipinski definition) is 2. The minimum Gasteiger partial charge on any atom is -0.390 e. The van der Waals surface area contributed by atoms with Gasteiger partial charge in [0.1, 0.15) is 6.10 Å². The van der Waals surface area contributed by atoms with Crippen molar-refractivity contribution in [1.82, 2.24) is 0 Å². The SMILES string of the molecule is OC1CCC2=C(CCCC2)C1O. The fourth-order valence-corrected chi connectivity index (χ4v) is 2.35. The van der Waals surface area contributed by atoms with Crippen LogP contribution in [0.2, 0.25) is 0 Å². The fraction of sp³-hybridized carbons (Fsp3) is 0.800. The summed E-state index contributed by atoms with van der Waals surface area (Å²) >= 11 is 0. The molecular formula is C10H16O2. The van der Waals surface area contributed by atoms with Crippen LogP contribution < -0.4 is 0 Å². The van der Waals surface area contributed by atoms with Crippen molar-refractivity contribution in [2.24, 2.45) is 0 Å². The number of aliphatic hydroxyl groups excluding tert-OH is 2. The average Bonchev–Trinajstić information content (AvgIpc) is 2.12. The number of aliphatic hydroxyl groups is 2. The first-order valence-electron chi connectivity index (χ1n) is 4.86. The lowest BCUT2D eigenvalue weighted by atomic mass is 9.79. The van der Waals surface area contributed by atoms with Gasteiger partial charge in [0.05, 0.1) is 6.10 Å². The van der Waals surface area contributed by atoms with Crippen LogP contribution in [-0.2, 0) is 0 Å². The van der Waals surface area contributed by atoms with Gasteiger partial charge in [-0.05, 0) is 44.1 Å². The zero-order valence-corrected chi connectivity index (χ0v) is 7.29. The highest BCUT2D eigenvalue weighted by atomic mass is 16.3. The Morgan fingerprint density at radius 1 is 1.00 bits per heavy atom. The smallest absolute Gasteiger partial charge is 0.101 e. The van der Waals surface area contributed by atoms with E-state index >= 15 is 0 Å². The first-order valence-corrected chi connectivity index (χ1v) is 4.86. The molecule has 0 aliphatic heterocycles. The Balaban J connectivity index is 2.22. The number of rotatable bonds is 0. The Bertz CT molecular complexity index is 208. The third kappa shape index (κ3) is 1.29. The zero-order chi connectivity index (χ0) is 8.55. The lowest BCUT2D eigenvalue weighted by molar-refractivity contribution is 0.0256. The first kappa shape index (κ1) is 8.27. The van der Waals surface area contributed by atoms with Crippen molar-refractivity contribution in [1.29, 1.82) is 0 Å². The molecule has 2 aliphatic carbocycles. The monoisotopic (exact) mass is 168 g/mol. The molecule has 0 spiro atoms. The van der Waals surface area contributed by atoms with Crippen LogP contribution in [0.1, 0.15) is 38.5 Å². The Kier molecular flexibility index (Phi) is 2.20. The van der Waals surface area contributed by atoms with Crippen LogP contribution >= 0.6 is 0 Å². The van der Waals surface area contributed by atoms with E-state index < -0.39 is 12.2 Å². The molecule has 2 aliphatic rings. The summed E-state index contributed by atoms with van der Waals surface area (Å²) in [6.45, 7) is 0. The van der Waals surface area contributed by atoms with E-state index in [0.717, 1.165) is 31.3 Å². The summed E-state index contributed by atoms with van der Waals surface area (Å²) in [5.74, 6) is 0. The molecule has 12 heavy (non-hydrogen) atoms. The topological polar surface area (TPSA) is 40.5 Å². The summed E-state index contributed by atoms with van der Waals surface area (Å²) in [7, 11) is 0. The van der Waals surface area contributed by atoms with Gasteiger partial charge in [-0.3, -0.25) is 0 Å². The molecule has 0 saturated heterocycles. The minimum absolute atomic E-state index is 0.498. The Hall–Kier alpha value is -0.340. The summed E-state index contributed by atoms with van der Waals surface area (Å²) in [5.41, 5.74) is 2.58. The van der Waals surface area contributed by atoms with Gasteiger partial charge >= 0.3 is 0 Å². The van der Waals surface area contributed by atoms with E-state index in [-0.39, 0.29) is 0 Å². The molecule has 0 amide bonds. The van der Waals surface area contributed by atoms with Gasteiger partial charge in [-0.25, -0.2) is 0 Å². The van der Waals surface area contributed by atoms with Crippen LogP contribution in [-0.4, -0.2) is 22.4 Å². The normalized spacial score (nSPS) is 36.5. The summed E-state index contributed by atoms with van der Waals surface area (Å²) in [4.78, 5) is 0. The van der Waals surface area contributed by atoms with Crippen LogP contribution in [0.4, 0.5) is 0 Å². The molecule has 2 rings (SSSR count). The summed E-state index contributed by atoms with van der Waals surface area (Å²) in [6, 6.07) is 0. The third-order valence-electron chi connectivity index (χ3n) is 3.09. The molecule has 2 N–H and O–H groups in total. The second-order valence-corrected chi connectivity index (χ2v) is 3.89. The maximum atomic E-state index is 9.66. The Morgan fingerprint density at radius 3 is 2.58 bits per heavy atom. The number of allylic oxidation sites excluding steroid dienone is 1. The van der Waals surface area contributed by atoms with Crippen molar-refractivity contribution in [2.75, 3.05) is 0 Å². The molecule has 2 heteroatoms. The van der Waals surface area contributed by atoms with Gasteiger partial charge in [-0.15, -0.1) is 0 Å². The van der Waals surface area contributed by atoms with E-state index in [4.69, 9.17) is 0 Å². The van der Waals surface area contributed by atoms with Crippen LogP contribution in [0.15, 0.2) is 11.1 Å². The highest BCUT2D eigenvalue weighted by Crippen LogP contribution is 2.35. The zero-order valence-electron chi connectivity index (χ0n) is 7.29. The molecule has 0 fully saturated rings. The summed E-state index contributed by atoms with van der Waals surface area (Å²) < 4.78 is 0. The Labute approximate surface area is 72.9 Å². The van der Waals surface area contributed by atoms with Gasteiger partial charge < -0.3 is 10.2 Å². The van der Waals surface area contributed by atoms with Crippen molar-refractivity contribution < 1.29 is 10.2 Å². The van der Waals surface area contributed by atoms with E-state index in [2.05, 4.69) is 0 Å². The largest absolute Gasteiger partial charge is 0.390 e. The first-order chi connectivity index (χ1) is 5.79. The minimum atomic E-state index is -0.547. The van der Waals surface area contributed by atoms with Crippen LogP contribution in [0.3, 0.4) is 0 Å². The van der Waals surface area contributed by atoms with Gasteiger partial charge in [0.25, 0.3) is 0 Å². The van der Waals surface area contributed by atoms with Gasteiger partial charge in [0, 0.05) is 0 Å². The average molecular weight is 168 g/mol. The molecule has 0 aromatic carbocycles.